The Balaban J connectivity index is 2.15. The SMILES string of the molecule is CCCCCCCC=C=Cc1ccccc1. The van der Waals surface area contributed by atoms with Crippen LogP contribution in [0, 0.1) is 0 Å². The topological polar surface area (TPSA) is 0 Å². The summed E-state index contributed by atoms with van der Waals surface area (Å²) in [5.41, 5.74) is 4.47. The van der Waals surface area contributed by atoms with Crippen LogP contribution in [-0.2, 0) is 0 Å². The summed E-state index contributed by atoms with van der Waals surface area (Å²) in [4.78, 5) is 0. The molecule has 0 aliphatic rings. The van der Waals surface area contributed by atoms with Crippen molar-refractivity contribution >= 4 is 6.08 Å². The molecule has 16 heavy (non-hydrogen) atoms. The second-order valence-corrected chi connectivity index (χ2v) is 4.13. The fourth-order valence-corrected chi connectivity index (χ4v) is 1.64. The number of unbranched alkanes of at least 4 members (excludes halogenated alkanes) is 5. The fourth-order valence-electron chi connectivity index (χ4n) is 1.64. The fraction of sp³-hybridized carbons (Fsp3) is 0.438. The second-order valence-electron chi connectivity index (χ2n) is 4.13. The predicted molar refractivity (Wildman–Crippen MR) is 72.4 cm³/mol. The third-order valence-corrected chi connectivity index (χ3v) is 2.62. The van der Waals surface area contributed by atoms with Gasteiger partial charge in [0.25, 0.3) is 0 Å². The van der Waals surface area contributed by atoms with Crippen LogP contribution >= 0.6 is 0 Å². The Labute approximate surface area is 99.7 Å². The maximum atomic E-state index is 3.24. The van der Waals surface area contributed by atoms with Crippen molar-refractivity contribution in [1.29, 1.82) is 0 Å². The van der Waals surface area contributed by atoms with Crippen LogP contribution in [0.15, 0.2) is 42.1 Å². The number of hydrogen-bond acceptors (Lipinski definition) is 0. The molecule has 0 aliphatic heterocycles. The zero-order valence-electron chi connectivity index (χ0n) is 10.3. The quantitative estimate of drug-likeness (QED) is 0.431. The molecule has 0 saturated carbocycles. The van der Waals surface area contributed by atoms with Crippen molar-refractivity contribution in [2.75, 3.05) is 0 Å². The van der Waals surface area contributed by atoms with Crippen molar-refractivity contribution in [2.45, 2.75) is 45.4 Å². The summed E-state index contributed by atoms with van der Waals surface area (Å²) in [5.74, 6) is 0. The van der Waals surface area contributed by atoms with E-state index in [0.717, 1.165) is 6.42 Å². The first-order valence-electron chi connectivity index (χ1n) is 6.39. The van der Waals surface area contributed by atoms with Gasteiger partial charge in [-0.15, -0.1) is 5.73 Å². The first-order chi connectivity index (χ1) is 7.93. The van der Waals surface area contributed by atoms with Gasteiger partial charge in [0.15, 0.2) is 0 Å². The molecule has 0 unspecified atom stereocenters. The third kappa shape index (κ3) is 6.27. The van der Waals surface area contributed by atoms with Crippen LogP contribution in [0.25, 0.3) is 6.08 Å². The first kappa shape index (κ1) is 12.8. The number of rotatable bonds is 7. The van der Waals surface area contributed by atoms with Crippen molar-refractivity contribution in [1.82, 2.24) is 0 Å². The molecule has 0 aliphatic carbocycles. The average Bonchev–Trinajstić information content (AvgIpc) is 2.34. The largest absolute Gasteiger partial charge is 0.125 e. The number of allylic oxidation sites excluding steroid dienone is 1. The van der Waals surface area contributed by atoms with Gasteiger partial charge in [-0.25, -0.2) is 0 Å². The van der Waals surface area contributed by atoms with E-state index in [1.165, 1.54) is 37.7 Å². The molecular weight excluding hydrogens is 192 g/mol. The van der Waals surface area contributed by atoms with Gasteiger partial charge in [0.05, 0.1) is 0 Å². The van der Waals surface area contributed by atoms with Gasteiger partial charge >= 0.3 is 0 Å². The number of hydrogen-bond donors (Lipinski definition) is 0. The minimum absolute atomic E-state index is 1.16. The van der Waals surface area contributed by atoms with Crippen LogP contribution in [0.2, 0.25) is 0 Å². The molecule has 1 rings (SSSR count). The second kappa shape index (κ2) is 9.00. The highest BCUT2D eigenvalue weighted by Gasteiger charge is 1.85. The van der Waals surface area contributed by atoms with Crippen molar-refractivity contribution in [2.24, 2.45) is 0 Å². The minimum atomic E-state index is 1.16. The maximum Gasteiger partial charge on any atom is -0.0131 e. The van der Waals surface area contributed by atoms with Crippen molar-refractivity contribution < 1.29 is 0 Å². The highest BCUT2D eigenvalue weighted by Crippen LogP contribution is 2.05. The van der Waals surface area contributed by atoms with E-state index < -0.39 is 0 Å². The zero-order valence-corrected chi connectivity index (χ0v) is 10.3. The van der Waals surface area contributed by atoms with E-state index in [2.05, 4.69) is 43.0 Å². The molecule has 0 heteroatoms. The molecule has 0 aromatic heterocycles. The molecule has 0 amide bonds. The van der Waals surface area contributed by atoms with Gasteiger partial charge in [-0.1, -0.05) is 62.9 Å². The van der Waals surface area contributed by atoms with Gasteiger partial charge in [0.1, 0.15) is 0 Å². The molecule has 0 N–H and O–H groups in total. The molecule has 0 atom stereocenters. The first-order valence-corrected chi connectivity index (χ1v) is 6.39. The lowest BCUT2D eigenvalue weighted by atomic mass is 10.1. The van der Waals surface area contributed by atoms with E-state index >= 15 is 0 Å². The average molecular weight is 214 g/mol. The van der Waals surface area contributed by atoms with Gasteiger partial charge in [0.2, 0.25) is 0 Å². The Bertz CT molecular complexity index is 315. The van der Waals surface area contributed by atoms with E-state index in [9.17, 15) is 0 Å². The standard InChI is InChI=1S/C16H22/c1-2-3-4-5-6-7-8-10-13-16-14-11-9-12-15-16/h8-9,11-15H,2-7H2,1H3. The molecular formula is C16H22. The lowest BCUT2D eigenvalue weighted by Crippen LogP contribution is -1.75. The van der Waals surface area contributed by atoms with Crippen LogP contribution in [0.3, 0.4) is 0 Å². The molecule has 0 spiro atoms. The summed E-state index contributed by atoms with van der Waals surface area (Å²) < 4.78 is 0. The molecule has 0 heterocycles. The highest BCUT2D eigenvalue weighted by molar-refractivity contribution is 5.47. The maximum absolute atomic E-state index is 3.24. The number of benzene rings is 1. The molecule has 1 aromatic carbocycles. The molecule has 0 fully saturated rings. The minimum Gasteiger partial charge on any atom is -0.125 e. The lowest BCUT2D eigenvalue weighted by molar-refractivity contribution is 0.637. The van der Waals surface area contributed by atoms with Crippen LogP contribution < -0.4 is 0 Å². The Morgan fingerprint density at radius 3 is 2.50 bits per heavy atom. The Kier molecular flexibility index (Phi) is 7.21. The van der Waals surface area contributed by atoms with E-state index in [1.807, 2.05) is 12.1 Å². The van der Waals surface area contributed by atoms with Crippen LogP contribution in [0.1, 0.15) is 51.0 Å². The summed E-state index contributed by atoms with van der Waals surface area (Å²) in [5, 5.41) is 0. The van der Waals surface area contributed by atoms with E-state index in [1.54, 1.807) is 0 Å². The van der Waals surface area contributed by atoms with Crippen molar-refractivity contribution in [3.05, 3.63) is 47.7 Å². The molecule has 0 radical (unpaired) electrons. The van der Waals surface area contributed by atoms with Gasteiger partial charge in [0, 0.05) is 0 Å². The van der Waals surface area contributed by atoms with Crippen molar-refractivity contribution in [3.8, 4) is 0 Å². The molecule has 86 valence electrons. The monoisotopic (exact) mass is 214 g/mol. The summed E-state index contributed by atoms with van der Waals surface area (Å²) in [6.07, 6.45) is 12.1. The van der Waals surface area contributed by atoms with Crippen LogP contribution in [0.4, 0.5) is 0 Å². The summed E-state index contributed by atoms with van der Waals surface area (Å²) in [6, 6.07) is 10.3. The smallest absolute Gasteiger partial charge is 0.0131 e. The normalized spacial score (nSPS) is 9.56. The van der Waals surface area contributed by atoms with E-state index in [0.29, 0.717) is 0 Å². The molecule has 0 bridgehead atoms. The predicted octanol–water partition coefficient (Wildman–Crippen LogP) is 5.22. The Hall–Kier alpha value is -1.26. The molecule has 0 saturated heterocycles. The van der Waals surface area contributed by atoms with E-state index in [-0.39, 0.29) is 0 Å². The van der Waals surface area contributed by atoms with Gasteiger partial charge in [-0.05, 0) is 30.6 Å². The summed E-state index contributed by atoms with van der Waals surface area (Å²) in [7, 11) is 0. The van der Waals surface area contributed by atoms with Crippen molar-refractivity contribution in [3.63, 3.8) is 0 Å². The van der Waals surface area contributed by atoms with Crippen LogP contribution in [-0.4, -0.2) is 0 Å². The molecule has 1 aromatic rings. The highest BCUT2D eigenvalue weighted by atomic mass is 13.9. The van der Waals surface area contributed by atoms with Gasteiger partial charge in [-0.3, -0.25) is 0 Å². The Morgan fingerprint density at radius 2 is 1.75 bits per heavy atom. The van der Waals surface area contributed by atoms with Crippen LogP contribution in [0.5, 0.6) is 0 Å². The summed E-state index contributed by atoms with van der Waals surface area (Å²) in [6.45, 7) is 2.25. The van der Waals surface area contributed by atoms with E-state index in [4.69, 9.17) is 0 Å². The third-order valence-electron chi connectivity index (χ3n) is 2.62. The lowest BCUT2D eigenvalue weighted by Gasteiger charge is -1.94. The summed E-state index contributed by atoms with van der Waals surface area (Å²) >= 11 is 0. The Morgan fingerprint density at radius 1 is 1.00 bits per heavy atom. The molecule has 0 nitrogen and oxygen atoms in total. The van der Waals surface area contributed by atoms with Gasteiger partial charge in [-0.2, -0.15) is 0 Å². The zero-order chi connectivity index (χ0) is 11.5. The van der Waals surface area contributed by atoms with Gasteiger partial charge < -0.3 is 0 Å².